The maximum Gasteiger partial charge on any atom is 0.271 e. The van der Waals surface area contributed by atoms with Crippen molar-refractivity contribution in [2.75, 3.05) is 0 Å². The maximum absolute atomic E-state index is 11.4. The van der Waals surface area contributed by atoms with Crippen molar-refractivity contribution in [3.8, 4) is 5.75 Å². The minimum atomic E-state index is -0.552. The molecular weight excluding hydrogens is 240 g/mol. The molecule has 0 aliphatic rings. The largest absolute Gasteiger partial charge is 0.871 e. The summed E-state index contributed by atoms with van der Waals surface area (Å²) >= 11 is 1.47. The molecule has 86 valence electrons. The van der Waals surface area contributed by atoms with Crippen LogP contribution in [0.25, 0.3) is 0 Å². The van der Waals surface area contributed by atoms with Gasteiger partial charge in [-0.1, -0.05) is 17.9 Å². The Kier molecular flexibility index (Phi) is 3.15. The number of thiophene rings is 1. The molecule has 5 nitrogen and oxygen atoms in total. The summed E-state index contributed by atoms with van der Waals surface area (Å²) in [5.41, 5.74) is -0.0597. The van der Waals surface area contributed by atoms with Gasteiger partial charge in [-0.15, -0.1) is 11.3 Å². The Morgan fingerprint density at radius 2 is 2.18 bits per heavy atom. The van der Waals surface area contributed by atoms with Gasteiger partial charge in [0.15, 0.2) is 0 Å². The Bertz CT molecular complexity index is 564. The van der Waals surface area contributed by atoms with Crippen molar-refractivity contribution in [1.29, 1.82) is 0 Å². The van der Waals surface area contributed by atoms with Crippen LogP contribution in [0.3, 0.4) is 0 Å². The van der Waals surface area contributed by atoms with E-state index >= 15 is 0 Å². The highest BCUT2D eigenvalue weighted by Crippen LogP contribution is 2.28. The Balaban J connectivity index is 2.31. The van der Waals surface area contributed by atoms with E-state index in [0.717, 1.165) is 10.9 Å². The predicted molar refractivity (Wildman–Crippen MR) is 64.1 cm³/mol. The zero-order valence-electron chi connectivity index (χ0n) is 8.57. The fraction of sp³-hybridized carbons (Fsp3) is 0. The molecule has 0 unspecified atom stereocenters. The number of non-ortho nitro benzene ring substituents is 1. The lowest BCUT2D eigenvalue weighted by Gasteiger charge is -2.07. The second-order valence-corrected chi connectivity index (χ2v) is 4.16. The molecule has 0 saturated heterocycles. The highest BCUT2D eigenvalue weighted by atomic mass is 32.1. The van der Waals surface area contributed by atoms with Crippen molar-refractivity contribution in [2.24, 2.45) is 4.99 Å². The predicted octanol–water partition coefficient (Wildman–Crippen LogP) is 2.48. The molecule has 1 heterocycles. The fourth-order valence-electron chi connectivity index (χ4n) is 1.22. The Morgan fingerprint density at radius 3 is 2.82 bits per heavy atom. The Morgan fingerprint density at radius 1 is 1.35 bits per heavy atom. The van der Waals surface area contributed by atoms with Crippen LogP contribution in [0.15, 0.2) is 40.7 Å². The molecular formula is C11H7N2O3S-. The second-order valence-electron chi connectivity index (χ2n) is 3.18. The molecule has 0 aliphatic heterocycles. The average Bonchev–Trinajstić information content (AvgIpc) is 2.80. The van der Waals surface area contributed by atoms with Crippen molar-refractivity contribution in [3.63, 3.8) is 0 Å². The lowest BCUT2D eigenvalue weighted by Crippen LogP contribution is -1.93. The van der Waals surface area contributed by atoms with Crippen molar-refractivity contribution >= 4 is 28.9 Å². The van der Waals surface area contributed by atoms with Crippen LogP contribution in [0.5, 0.6) is 5.75 Å². The number of nitro groups is 1. The van der Waals surface area contributed by atoms with E-state index in [1.165, 1.54) is 29.7 Å². The third kappa shape index (κ3) is 2.67. The summed E-state index contributed by atoms with van der Waals surface area (Å²) in [5, 5.41) is 23.9. The summed E-state index contributed by atoms with van der Waals surface area (Å²) in [4.78, 5) is 14.8. The van der Waals surface area contributed by atoms with Gasteiger partial charge in [-0.2, -0.15) is 0 Å². The third-order valence-corrected chi connectivity index (χ3v) is 2.83. The first-order chi connectivity index (χ1) is 8.16. The summed E-state index contributed by atoms with van der Waals surface area (Å²) in [6.45, 7) is 0. The van der Waals surface area contributed by atoms with Gasteiger partial charge in [0.2, 0.25) is 0 Å². The van der Waals surface area contributed by atoms with Crippen LogP contribution in [-0.2, 0) is 0 Å². The van der Waals surface area contributed by atoms with E-state index < -0.39 is 4.92 Å². The quantitative estimate of drug-likeness (QED) is 0.474. The molecule has 1 aromatic carbocycles. The van der Waals surface area contributed by atoms with Crippen molar-refractivity contribution in [2.45, 2.75) is 0 Å². The Labute approximate surface area is 101 Å². The fourth-order valence-corrected chi connectivity index (χ4v) is 1.80. The molecule has 0 saturated carbocycles. The van der Waals surface area contributed by atoms with E-state index in [2.05, 4.69) is 4.99 Å². The van der Waals surface area contributed by atoms with Gasteiger partial charge < -0.3 is 5.11 Å². The first-order valence-corrected chi connectivity index (χ1v) is 5.58. The standard InChI is InChI=1S/C11H8N2O3S/c14-11-4-3-8(13(15)16)6-10(11)12-7-9-2-1-5-17-9/h1-7,14H/p-1. The lowest BCUT2D eigenvalue weighted by atomic mass is 10.2. The van der Waals surface area contributed by atoms with Crippen LogP contribution in [-0.4, -0.2) is 11.1 Å². The van der Waals surface area contributed by atoms with Gasteiger partial charge in [0, 0.05) is 23.2 Å². The zero-order chi connectivity index (χ0) is 12.3. The zero-order valence-corrected chi connectivity index (χ0v) is 9.39. The summed E-state index contributed by atoms with van der Waals surface area (Å²) in [6.07, 6.45) is 1.52. The van der Waals surface area contributed by atoms with Crippen LogP contribution in [0, 0.1) is 10.1 Å². The van der Waals surface area contributed by atoms with Gasteiger partial charge in [-0.3, -0.25) is 15.1 Å². The van der Waals surface area contributed by atoms with Crippen LogP contribution < -0.4 is 5.11 Å². The first kappa shape index (κ1) is 11.3. The molecule has 2 aromatic rings. The number of nitrogens with zero attached hydrogens (tertiary/aromatic N) is 2. The molecule has 0 atom stereocenters. The average molecular weight is 247 g/mol. The minimum Gasteiger partial charge on any atom is -0.871 e. The van der Waals surface area contributed by atoms with Gasteiger partial charge in [0.25, 0.3) is 5.69 Å². The van der Waals surface area contributed by atoms with Crippen LogP contribution in [0.4, 0.5) is 11.4 Å². The highest BCUT2D eigenvalue weighted by Gasteiger charge is 2.05. The number of aliphatic imine (C=N–C) groups is 1. The van der Waals surface area contributed by atoms with E-state index in [1.807, 2.05) is 17.5 Å². The monoisotopic (exact) mass is 247 g/mol. The van der Waals surface area contributed by atoms with Gasteiger partial charge in [0.1, 0.15) is 0 Å². The van der Waals surface area contributed by atoms with E-state index in [4.69, 9.17) is 0 Å². The molecule has 17 heavy (non-hydrogen) atoms. The first-order valence-electron chi connectivity index (χ1n) is 4.70. The van der Waals surface area contributed by atoms with Gasteiger partial charge >= 0.3 is 0 Å². The van der Waals surface area contributed by atoms with Gasteiger partial charge in [-0.05, 0) is 11.4 Å². The maximum atomic E-state index is 11.4. The SMILES string of the molecule is O=[N+]([O-])c1ccc([O-])c(N=Cc2cccs2)c1. The van der Waals surface area contributed by atoms with Gasteiger partial charge in [-0.25, -0.2) is 0 Å². The third-order valence-electron chi connectivity index (χ3n) is 2.03. The second kappa shape index (κ2) is 4.75. The topological polar surface area (TPSA) is 78.6 Å². The Hall–Kier alpha value is -2.21. The molecule has 0 fully saturated rings. The van der Waals surface area contributed by atoms with Crippen LogP contribution in [0.1, 0.15) is 4.88 Å². The van der Waals surface area contributed by atoms with Gasteiger partial charge in [0.05, 0.1) is 10.6 Å². The summed E-state index contributed by atoms with van der Waals surface area (Å²) < 4.78 is 0. The van der Waals surface area contributed by atoms with Crippen LogP contribution in [0.2, 0.25) is 0 Å². The van der Waals surface area contributed by atoms with Crippen molar-refractivity contribution in [1.82, 2.24) is 0 Å². The lowest BCUT2D eigenvalue weighted by molar-refractivity contribution is -0.385. The smallest absolute Gasteiger partial charge is 0.271 e. The molecule has 0 N–H and O–H groups in total. The molecule has 6 heteroatoms. The number of hydrogen-bond acceptors (Lipinski definition) is 5. The summed E-state index contributed by atoms with van der Waals surface area (Å²) in [6, 6.07) is 7.20. The molecule has 0 bridgehead atoms. The number of hydrogen-bond donors (Lipinski definition) is 0. The molecule has 2 rings (SSSR count). The molecule has 1 aromatic heterocycles. The van der Waals surface area contributed by atoms with Crippen LogP contribution >= 0.6 is 11.3 Å². The number of benzene rings is 1. The van der Waals surface area contributed by atoms with Crippen molar-refractivity contribution < 1.29 is 10.0 Å². The van der Waals surface area contributed by atoms with E-state index in [1.54, 1.807) is 0 Å². The highest BCUT2D eigenvalue weighted by molar-refractivity contribution is 7.11. The van der Waals surface area contributed by atoms with E-state index in [9.17, 15) is 15.2 Å². The molecule has 0 spiro atoms. The van der Waals surface area contributed by atoms with E-state index in [-0.39, 0.29) is 17.1 Å². The number of nitro benzene ring substituents is 1. The van der Waals surface area contributed by atoms with Crippen molar-refractivity contribution in [3.05, 3.63) is 50.7 Å². The molecule has 0 amide bonds. The minimum absolute atomic E-state index is 0.0765. The summed E-state index contributed by atoms with van der Waals surface area (Å²) in [5.74, 6) is -0.330. The summed E-state index contributed by atoms with van der Waals surface area (Å²) in [7, 11) is 0. The molecule has 0 aliphatic carbocycles. The normalized spacial score (nSPS) is 10.8. The van der Waals surface area contributed by atoms with E-state index in [0.29, 0.717) is 0 Å². The molecule has 0 radical (unpaired) electrons. The number of rotatable bonds is 3.